The van der Waals surface area contributed by atoms with Gasteiger partial charge in [0.25, 0.3) is 0 Å². The number of carbonyl (C=O) groups excluding carboxylic acids is 1. The van der Waals surface area contributed by atoms with Gasteiger partial charge in [-0.3, -0.25) is 9.59 Å². The molecule has 0 rings (SSSR count). The maximum Gasteiger partial charge on any atom is 0.309 e. The van der Waals surface area contributed by atoms with Crippen molar-refractivity contribution in [2.45, 2.75) is 33.6 Å². The standard InChI is InChI=1S/C9H17NO3/c1-4-5-6(7(10)11)9(2,3)8(12)13/h6H,4-5H2,1-3H3,(H2,10,11)(H,12,13)/t6-/m1/s1. The zero-order valence-corrected chi connectivity index (χ0v) is 8.33. The molecular formula is C9H17NO3. The number of amides is 1. The molecule has 0 aliphatic heterocycles. The third kappa shape index (κ3) is 2.72. The first-order valence-electron chi connectivity index (χ1n) is 4.36. The smallest absolute Gasteiger partial charge is 0.309 e. The maximum absolute atomic E-state index is 11.0. The number of primary amides is 1. The first kappa shape index (κ1) is 11.9. The molecule has 4 nitrogen and oxygen atoms in total. The predicted octanol–water partition coefficient (Wildman–Crippen LogP) is 0.999. The van der Waals surface area contributed by atoms with E-state index in [9.17, 15) is 9.59 Å². The highest BCUT2D eigenvalue weighted by Gasteiger charge is 2.39. The van der Waals surface area contributed by atoms with Gasteiger partial charge < -0.3 is 10.8 Å². The molecule has 0 aliphatic carbocycles. The van der Waals surface area contributed by atoms with Crippen molar-refractivity contribution in [3.8, 4) is 0 Å². The van der Waals surface area contributed by atoms with E-state index in [0.717, 1.165) is 6.42 Å². The molecule has 4 heteroatoms. The Morgan fingerprint density at radius 2 is 1.92 bits per heavy atom. The third-order valence-corrected chi connectivity index (χ3v) is 2.34. The monoisotopic (exact) mass is 187 g/mol. The van der Waals surface area contributed by atoms with Gasteiger partial charge in [-0.05, 0) is 20.3 Å². The van der Waals surface area contributed by atoms with Crippen LogP contribution in [0.25, 0.3) is 0 Å². The van der Waals surface area contributed by atoms with Crippen LogP contribution in [0.2, 0.25) is 0 Å². The Morgan fingerprint density at radius 1 is 1.46 bits per heavy atom. The lowest BCUT2D eigenvalue weighted by Gasteiger charge is -2.27. The average molecular weight is 187 g/mol. The molecule has 0 spiro atoms. The van der Waals surface area contributed by atoms with Crippen molar-refractivity contribution in [3.63, 3.8) is 0 Å². The van der Waals surface area contributed by atoms with Gasteiger partial charge in [0.15, 0.2) is 0 Å². The fourth-order valence-electron chi connectivity index (χ4n) is 1.30. The Bertz CT molecular complexity index is 211. The molecule has 0 aromatic rings. The summed E-state index contributed by atoms with van der Waals surface area (Å²) in [4.78, 5) is 21.8. The van der Waals surface area contributed by atoms with E-state index in [2.05, 4.69) is 0 Å². The van der Waals surface area contributed by atoms with Crippen LogP contribution in [0.5, 0.6) is 0 Å². The average Bonchev–Trinajstić information content (AvgIpc) is 1.98. The number of carbonyl (C=O) groups is 2. The molecule has 76 valence electrons. The second kappa shape index (κ2) is 4.25. The molecule has 0 aliphatic rings. The largest absolute Gasteiger partial charge is 0.481 e. The van der Waals surface area contributed by atoms with Gasteiger partial charge in [-0.2, -0.15) is 0 Å². The summed E-state index contributed by atoms with van der Waals surface area (Å²) in [6, 6.07) is 0. The number of hydrogen-bond donors (Lipinski definition) is 2. The highest BCUT2D eigenvalue weighted by atomic mass is 16.4. The van der Waals surface area contributed by atoms with Crippen molar-refractivity contribution in [3.05, 3.63) is 0 Å². The molecule has 0 aromatic carbocycles. The van der Waals surface area contributed by atoms with Crippen LogP contribution in [-0.4, -0.2) is 17.0 Å². The molecule has 0 bridgehead atoms. The lowest BCUT2D eigenvalue weighted by atomic mass is 9.76. The summed E-state index contributed by atoms with van der Waals surface area (Å²) in [5.74, 6) is -2.10. The van der Waals surface area contributed by atoms with Crippen LogP contribution < -0.4 is 5.73 Å². The maximum atomic E-state index is 11.0. The van der Waals surface area contributed by atoms with E-state index in [0.29, 0.717) is 6.42 Å². The predicted molar refractivity (Wildman–Crippen MR) is 49.0 cm³/mol. The van der Waals surface area contributed by atoms with Crippen LogP contribution in [-0.2, 0) is 9.59 Å². The third-order valence-electron chi connectivity index (χ3n) is 2.34. The summed E-state index contributed by atoms with van der Waals surface area (Å²) in [5.41, 5.74) is 4.08. The minimum atomic E-state index is -1.07. The van der Waals surface area contributed by atoms with Gasteiger partial charge in [-0.1, -0.05) is 13.3 Å². The quantitative estimate of drug-likeness (QED) is 0.673. The molecule has 0 unspecified atom stereocenters. The summed E-state index contributed by atoms with van der Waals surface area (Å²) in [6.45, 7) is 4.95. The van der Waals surface area contributed by atoms with Gasteiger partial charge in [0, 0.05) is 0 Å². The van der Waals surface area contributed by atoms with E-state index >= 15 is 0 Å². The highest BCUT2D eigenvalue weighted by molar-refractivity contribution is 5.85. The molecule has 0 radical (unpaired) electrons. The van der Waals surface area contributed by atoms with Crippen LogP contribution in [0.1, 0.15) is 33.6 Å². The lowest BCUT2D eigenvalue weighted by molar-refractivity contribution is -0.153. The first-order valence-corrected chi connectivity index (χ1v) is 4.36. The van der Waals surface area contributed by atoms with Gasteiger partial charge >= 0.3 is 5.97 Å². The minimum absolute atomic E-state index is 0.522. The second-order valence-corrected chi connectivity index (χ2v) is 3.77. The van der Waals surface area contributed by atoms with E-state index in [1.807, 2.05) is 6.92 Å². The van der Waals surface area contributed by atoms with Crippen molar-refractivity contribution < 1.29 is 14.7 Å². The van der Waals surface area contributed by atoms with Crippen LogP contribution >= 0.6 is 0 Å². The molecule has 1 amide bonds. The number of carboxylic acid groups (broad SMARTS) is 1. The molecule has 3 N–H and O–H groups in total. The van der Waals surface area contributed by atoms with E-state index in [1.54, 1.807) is 0 Å². The fourth-order valence-corrected chi connectivity index (χ4v) is 1.30. The van der Waals surface area contributed by atoms with Gasteiger partial charge in [-0.25, -0.2) is 0 Å². The van der Waals surface area contributed by atoms with Crippen molar-refractivity contribution in [2.75, 3.05) is 0 Å². The molecular weight excluding hydrogens is 170 g/mol. The van der Waals surface area contributed by atoms with E-state index in [1.165, 1.54) is 13.8 Å². The number of aliphatic carboxylic acids is 1. The minimum Gasteiger partial charge on any atom is -0.481 e. The zero-order valence-electron chi connectivity index (χ0n) is 8.33. The van der Waals surface area contributed by atoms with Gasteiger partial charge in [0.1, 0.15) is 0 Å². The topological polar surface area (TPSA) is 80.4 Å². The number of carboxylic acids is 1. The summed E-state index contributed by atoms with van der Waals surface area (Å²) in [7, 11) is 0. The van der Waals surface area contributed by atoms with Crippen LogP contribution in [0.15, 0.2) is 0 Å². The Hall–Kier alpha value is -1.06. The molecule has 0 saturated carbocycles. The fraction of sp³-hybridized carbons (Fsp3) is 0.778. The normalized spacial score (nSPS) is 13.8. The summed E-state index contributed by atoms with van der Waals surface area (Å²) in [5, 5.41) is 8.88. The van der Waals surface area contributed by atoms with Crippen LogP contribution in [0.4, 0.5) is 0 Å². The SMILES string of the molecule is CCC[C@H](C(N)=O)C(C)(C)C(=O)O. The number of rotatable bonds is 5. The number of nitrogens with two attached hydrogens (primary N) is 1. The summed E-state index contributed by atoms with van der Waals surface area (Å²) in [6.07, 6.45) is 1.28. The summed E-state index contributed by atoms with van der Waals surface area (Å²) < 4.78 is 0. The highest BCUT2D eigenvalue weighted by Crippen LogP contribution is 2.30. The Kier molecular flexibility index (Phi) is 3.91. The van der Waals surface area contributed by atoms with Gasteiger partial charge in [-0.15, -0.1) is 0 Å². The van der Waals surface area contributed by atoms with Crippen molar-refractivity contribution in [1.82, 2.24) is 0 Å². The molecule has 1 atom stereocenters. The van der Waals surface area contributed by atoms with E-state index in [4.69, 9.17) is 10.8 Å². The number of hydrogen-bond acceptors (Lipinski definition) is 2. The lowest BCUT2D eigenvalue weighted by Crippen LogP contribution is -2.40. The molecule has 0 heterocycles. The van der Waals surface area contributed by atoms with E-state index < -0.39 is 23.2 Å². The second-order valence-electron chi connectivity index (χ2n) is 3.77. The van der Waals surface area contributed by atoms with Gasteiger partial charge in [0.05, 0.1) is 11.3 Å². The molecule has 0 aromatic heterocycles. The van der Waals surface area contributed by atoms with Crippen molar-refractivity contribution >= 4 is 11.9 Å². The van der Waals surface area contributed by atoms with Crippen LogP contribution in [0.3, 0.4) is 0 Å². The molecule has 13 heavy (non-hydrogen) atoms. The van der Waals surface area contributed by atoms with Crippen LogP contribution in [0, 0.1) is 11.3 Å². The first-order chi connectivity index (χ1) is 5.84. The summed E-state index contributed by atoms with van der Waals surface area (Å²) >= 11 is 0. The van der Waals surface area contributed by atoms with E-state index in [-0.39, 0.29) is 0 Å². The Labute approximate surface area is 78.1 Å². The molecule has 0 fully saturated rings. The van der Waals surface area contributed by atoms with Gasteiger partial charge in [0.2, 0.25) is 5.91 Å². The van der Waals surface area contributed by atoms with Crippen molar-refractivity contribution in [2.24, 2.45) is 17.1 Å². The zero-order chi connectivity index (χ0) is 10.6. The van der Waals surface area contributed by atoms with Crippen molar-refractivity contribution in [1.29, 1.82) is 0 Å². The Balaban J connectivity index is 4.71. The Morgan fingerprint density at radius 3 is 2.15 bits per heavy atom. The molecule has 0 saturated heterocycles.